The Morgan fingerprint density at radius 2 is 0.848 bits per heavy atom. The van der Waals surface area contributed by atoms with Crippen LogP contribution in [0.1, 0.15) is 11.1 Å². The van der Waals surface area contributed by atoms with E-state index in [0.717, 1.165) is 12.1 Å². The summed E-state index contributed by atoms with van der Waals surface area (Å²) in [6.45, 7) is -0.524. The lowest BCUT2D eigenvalue weighted by Gasteiger charge is -2.18. The number of fused-ring (bicyclic) bond motifs is 1. The standard InChI is InChI=1S/C20H4F8N2O2S/c21-9-5(3-29)10(22)14(26)7(13(9)25)19-17-18(32-2-1-31-17)20(33-19)8-15(27)11(23)6(4-30)12(24)16(8)28/h1-2H2. The summed E-state index contributed by atoms with van der Waals surface area (Å²) in [5, 5.41) is 17.5. The third kappa shape index (κ3) is 3.08. The Morgan fingerprint density at radius 3 is 1.12 bits per heavy atom. The molecule has 0 atom stereocenters. The number of benzene rings is 2. The van der Waals surface area contributed by atoms with E-state index >= 15 is 0 Å². The van der Waals surface area contributed by atoms with Gasteiger partial charge in [0.1, 0.15) is 36.5 Å². The Labute approximate surface area is 182 Å². The average Bonchev–Trinajstić information content (AvgIpc) is 3.17. The summed E-state index contributed by atoms with van der Waals surface area (Å²) in [4.78, 5) is -1.53. The van der Waals surface area contributed by atoms with Crippen LogP contribution in [0.3, 0.4) is 0 Å². The first-order valence-electron chi connectivity index (χ1n) is 8.60. The highest BCUT2D eigenvalue weighted by atomic mass is 32.1. The smallest absolute Gasteiger partial charge is 0.180 e. The van der Waals surface area contributed by atoms with Crippen LogP contribution in [0.4, 0.5) is 35.1 Å². The summed E-state index contributed by atoms with van der Waals surface area (Å²) in [5.41, 5.74) is -5.88. The summed E-state index contributed by atoms with van der Waals surface area (Å²) >= 11 is 0.0574. The monoisotopic (exact) mass is 488 g/mol. The van der Waals surface area contributed by atoms with Gasteiger partial charge in [0.05, 0.1) is 20.9 Å². The van der Waals surface area contributed by atoms with Gasteiger partial charge in [0, 0.05) is 0 Å². The molecule has 2 aromatic carbocycles. The minimum atomic E-state index is -2.04. The van der Waals surface area contributed by atoms with Crippen LogP contribution in [0.15, 0.2) is 0 Å². The lowest BCUT2D eigenvalue weighted by molar-refractivity contribution is 0.174. The Kier molecular flexibility index (Phi) is 5.38. The van der Waals surface area contributed by atoms with E-state index in [1.54, 1.807) is 0 Å². The van der Waals surface area contributed by atoms with Crippen LogP contribution in [-0.2, 0) is 0 Å². The lowest BCUT2D eigenvalue weighted by Crippen LogP contribution is -2.15. The largest absolute Gasteiger partial charge is 0.485 e. The van der Waals surface area contributed by atoms with Crippen molar-refractivity contribution in [3.63, 3.8) is 0 Å². The van der Waals surface area contributed by atoms with Crippen LogP contribution in [0, 0.1) is 69.2 Å². The van der Waals surface area contributed by atoms with Crippen LogP contribution in [0.5, 0.6) is 11.5 Å². The molecule has 0 amide bonds. The molecule has 33 heavy (non-hydrogen) atoms. The molecule has 4 nitrogen and oxygen atoms in total. The highest BCUT2D eigenvalue weighted by Gasteiger charge is 2.37. The molecule has 168 valence electrons. The van der Waals surface area contributed by atoms with E-state index in [9.17, 15) is 35.1 Å². The molecule has 0 unspecified atom stereocenters. The van der Waals surface area contributed by atoms with Crippen LogP contribution in [-0.4, -0.2) is 13.2 Å². The van der Waals surface area contributed by atoms with Crippen molar-refractivity contribution >= 4 is 11.3 Å². The first-order valence-corrected chi connectivity index (χ1v) is 9.42. The van der Waals surface area contributed by atoms with Gasteiger partial charge in [-0.05, 0) is 0 Å². The molecule has 0 saturated heterocycles. The summed E-state index contributed by atoms with van der Waals surface area (Å²) in [5.74, 6) is -17.5. The van der Waals surface area contributed by atoms with Gasteiger partial charge in [-0.3, -0.25) is 0 Å². The number of thiophene rings is 1. The van der Waals surface area contributed by atoms with E-state index in [4.69, 9.17) is 20.0 Å². The van der Waals surface area contributed by atoms with Crippen molar-refractivity contribution in [2.75, 3.05) is 13.2 Å². The molecule has 1 aliphatic heterocycles. The third-order valence-electron chi connectivity index (χ3n) is 4.60. The highest BCUT2D eigenvalue weighted by molar-refractivity contribution is 7.19. The van der Waals surface area contributed by atoms with Gasteiger partial charge in [-0.1, -0.05) is 0 Å². The van der Waals surface area contributed by atoms with Gasteiger partial charge >= 0.3 is 0 Å². The van der Waals surface area contributed by atoms with Crippen molar-refractivity contribution in [2.24, 2.45) is 0 Å². The molecule has 0 fully saturated rings. The van der Waals surface area contributed by atoms with Crippen molar-refractivity contribution < 1.29 is 44.6 Å². The molecule has 4 rings (SSSR count). The number of rotatable bonds is 2. The minimum Gasteiger partial charge on any atom is -0.485 e. The molecule has 3 aromatic rings. The van der Waals surface area contributed by atoms with E-state index in [-0.39, 0.29) is 24.6 Å². The summed E-state index contributed by atoms with van der Waals surface area (Å²) in [7, 11) is 0. The fourth-order valence-corrected chi connectivity index (χ4v) is 4.39. The molecule has 0 aliphatic carbocycles. The van der Waals surface area contributed by atoms with Crippen molar-refractivity contribution in [1.29, 1.82) is 10.5 Å². The van der Waals surface area contributed by atoms with Gasteiger partial charge < -0.3 is 9.47 Å². The minimum absolute atomic E-state index is 0.0574. The van der Waals surface area contributed by atoms with Crippen LogP contribution in [0.25, 0.3) is 20.9 Å². The van der Waals surface area contributed by atoms with E-state index in [1.165, 1.54) is 0 Å². The quantitative estimate of drug-likeness (QED) is 0.343. The molecule has 0 radical (unpaired) electrons. The molecule has 0 bridgehead atoms. The first-order chi connectivity index (χ1) is 15.6. The maximum atomic E-state index is 14.6. The molecule has 0 N–H and O–H groups in total. The Bertz CT molecular complexity index is 1270. The SMILES string of the molecule is N#Cc1c(F)c(F)c(-c2sc(-c3c(F)c(F)c(C#N)c(F)c3F)c3c2OCCO3)c(F)c1F. The zero-order valence-corrected chi connectivity index (χ0v) is 16.4. The molecule has 0 saturated carbocycles. The number of nitrogens with zero attached hydrogens (tertiary/aromatic N) is 2. The second-order valence-electron chi connectivity index (χ2n) is 6.35. The van der Waals surface area contributed by atoms with Gasteiger partial charge in [0.25, 0.3) is 0 Å². The summed E-state index contributed by atoms with van der Waals surface area (Å²) in [6.07, 6.45) is 0. The number of halogens is 8. The Morgan fingerprint density at radius 1 is 0.545 bits per heavy atom. The second kappa shape index (κ2) is 7.94. The molecule has 1 aliphatic rings. The fraction of sp³-hybridized carbons (Fsp3) is 0.100. The number of hydrogen-bond acceptors (Lipinski definition) is 5. The van der Waals surface area contributed by atoms with Crippen molar-refractivity contribution in [2.45, 2.75) is 0 Å². The Balaban J connectivity index is 2.10. The van der Waals surface area contributed by atoms with E-state index < -0.39 is 90.0 Å². The van der Waals surface area contributed by atoms with Gasteiger partial charge in [-0.25, -0.2) is 35.1 Å². The van der Waals surface area contributed by atoms with Gasteiger partial charge in [0.15, 0.2) is 58.0 Å². The predicted octanol–water partition coefficient (Wildman–Crippen LogP) is 5.71. The maximum absolute atomic E-state index is 14.6. The van der Waals surface area contributed by atoms with Crippen molar-refractivity contribution in [3.8, 4) is 44.5 Å². The summed E-state index contributed by atoms with van der Waals surface area (Å²) in [6, 6.07) is 1.93. The number of nitriles is 2. The zero-order valence-electron chi connectivity index (χ0n) is 15.6. The maximum Gasteiger partial charge on any atom is 0.180 e. The molecule has 1 aromatic heterocycles. The van der Waals surface area contributed by atoms with Crippen LogP contribution in [0.2, 0.25) is 0 Å². The van der Waals surface area contributed by atoms with E-state index in [1.807, 2.05) is 0 Å². The second-order valence-corrected chi connectivity index (χ2v) is 7.37. The van der Waals surface area contributed by atoms with Crippen molar-refractivity contribution in [1.82, 2.24) is 0 Å². The molecular formula is C20H4F8N2O2S. The van der Waals surface area contributed by atoms with Gasteiger partial charge in [-0.15, -0.1) is 11.3 Å². The topological polar surface area (TPSA) is 66.0 Å². The molecule has 0 spiro atoms. The first kappa shape index (κ1) is 22.4. The van der Waals surface area contributed by atoms with Gasteiger partial charge in [-0.2, -0.15) is 10.5 Å². The third-order valence-corrected chi connectivity index (χ3v) is 5.79. The van der Waals surface area contributed by atoms with E-state index in [2.05, 4.69) is 0 Å². The number of hydrogen-bond donors (Lipinski definition) is 0. The highest BCUT2D eigenvalue weighted by Crippen LogP contribution is 2.56. The summed E-state index contributed by atoms with van der Waals surface area (Å²) < 4.78 is 125. The number of ether oxygens (including phenoxy) is 2. The normalized spacial score (nSPS) is 12.4. The lowest BCUT2D eigenvalue weighted by atomic mass is 10.0. The molecule has 13 heteroatoms. The van der Waals surface area contributed by atoms with E-state index in [0.29, 0.717) is 0 Å². The Hall–Kier alpha value is -3.84. The fourth-order valence-electron chi connectivity index (χ4n) is 3.14. The molecular weight excluding hydrogens is 484 g/mol. The van der Waals surface area contributed by atoms with Gasteiger partial charge in [0.2, 0.25) is 0 Å². The van der Waals surface area contributed by atoms with Crippen molar-refractivity contribution in [3.05, 3.63) is 57.7 Å². The van der Waals surface area contributed by atoms with Crippen LogP contribution < -0.4 is 9.47 Å². The molecule has 2 heterocycles. The average molecular weight is 488 g/mol. The predicted molar refractivity (Wildman–Crippen MR) is 95.3 cm³/mol. The van der Waals surface area contributed by atoms with Crippen LogP contribution >= 0.6 is 11.3 Å². The zero-order chi connectivity index (χ0) is 24.2.